The molecule has 3 rings (SSSR count). The van der Waals surface area contributed by atoms with Crippen LogP contribution in [0.1, 0.15) is 24.5 Å². The van der Waals surface area contributed by atoms with Gasteiger partial charge in [0.2, 0.25) is 0 Å². The molecule has 0 amide bonds. The van der Waals surface area contributed by atoms with Crippen molar-refractivity contribution in [3.05, 3.63) is 35.2 Å². The van der Waals surface area contributed by atoms with Crippen LogP contribution in [0.15, 0.2) is 23.7 Å². The van der Waals surface area contributed by atoms with E-state index >= 15 is 0 Å². The van der Waals surface area contributed by atoms with Gasteiger partial charge in [-0.1, -0.05) is 0 Å². The number of halogens is 1. The maximum Gasteiger partial charge on any atom is 0.188 e. The van der Waals surface area contributed by atoms with Crippen LogP contribution in [-0.4, -0.2) is 23.1 Å². The molecule has 0 saturated carbocycles. The summed E-state index contributed by atoms with van der Waals surface area (Å²) in [7, 11) is 0. The van der Waals surface area contributed by atoms with Crippen molar-refractivity contribution in [2.24, 2.45) is 0 Å². The van der Waals surface area contributed by atoms with Crippen LogP contribution in [0, 0.1) is 5.82 Å². The van der Waals surface area contributed by atoms with Crippen molar-refractivity contribution in [2.75, 3.05) is 18.4 Å². The predicted octanol–water partition coefficient (Wildman–Crippen LogP) is 2.89. The van der Waals surface area contributed by atoms with E-state index in [1.807, 2.05) is 0 Å². The zero-order chi connectivity index (χ0) is 13.1. The molecule has 1 aliphatic rings. The molecule has 0 aliphatic carbocycles. The van der Waals surface area contributed by atoms with Crippen molar-refractivity contribution in [2.45, 2.75) is 18.8 Å². The van der Waals surface area contributed by atoms with E-state index in [0.29, 0.717) is 11.7 Å². The third-order valence-electron chi connectivity index (χ3n) is 3.24. The van der Waals surface area contributed by atoms with E-state index in [9.17, 15) is 4.39 Å². The first-order valence-corrected chi connectivity index (χ1v) is 7.24. The summed E-state index contributed by atoms with van der Waals surface area (Å²) in [6.45, 7) is 2.12. The first-order chi connectivity index (χ1) is 9.31. The van der Waals surface area contributed by atoms with Gasteiger partial charge in [0.25, 0.3) is 0 Å². The van der Waals surface area contributed by atoms with E-state index in [0.717, 1.165) is 36.8 Å². The van der Waals surface area contributed by atoms with Crippen LogP contribution in [0.2, 0.25) is 0 Å². The summed E-state index contributed by atoms with van der Waals surface area (Å²) >= 11 is 1.57. The minimum atomic E-state index is -0.333. The lowest BCUT2D eigenvalue weighted by Gasteiger charge is -2.20. The highest BCUT2D eigenvalue weighted by atomic mass is 32.1. The highest BCUT2D eigenvalue weighted by molar-refractivity contribution is 7.13. The molecule has 2 aromatic heterocycles. The number of aromatic nitrogens is 2. The molecule has 1 fully saturated rings. The fourth-order valence-electron chi connectivity index (χ4n) is 2.21. The summed E-state index contributed by atoms with van der Waals surface area (Å²) < 4.78 is 12.8. The fourth-order valence-corrected chi connectivity index (χ4v) is 3.01. The third kappa shape index (κ3) is 3.08. The van der Waals surface area contributed by atoms with Crippen LogP contribution in [0.5, 0.6) is 0 Å². The second kappa shape index (κ2) is 5.63. The lowest BCUT2D eigenvalue weighted by molar-refractivity contribution is 0.455. The van der Waals surface area contributed by atoms with Crippen molar-refractivity contribution in [3.63, 3.8) is 0 Å². The Morgan fingerprint density at radius 2 is 2.16 bits per heavy atom. The zero-order valence-electron chi connectivity index (χ0n) is 10.4. The Morgan fingerprint density at radius 3 is 2.89 bits per heavy atom. The minimum absolute atomic E-state index is 0.333. The number of thiazole rings is 1. The van der Waals surface area contributed by atoms with Crippen molar-refractivity contribution < 1.29 is 4.39 Å². The summed E-state index contributed by atoms with van der Waals surface area (Å²) in [5.74, 6) is 0.835. The first kappa shape index (κ1) is 12.5. The van der Waals surface area contributed by atoms with Gasteiger partial charge >= 0.3 is 0 Å². The number of pyridine rings is 1. The van der Waals surface area contributed by atoms with Gasteiger partial charge in [0, 0.05) is 11.3 Å². The molecule has 6 heteroatoms. The number of rotatable bonds is 3. The topological polar surface area (TPSA) is 49.8 Å². The normalized spacial score (nSPS) is 16.5. The largest absolute Gasteiger partial charge is 0.317 e. The molecule has 1 saturated heterocycles. The van der Waals surface area contributed by atoms with Gasteiger partial charge in [-0.2, -0.15) is 0 Å². The monoisotopic (exact) mass is 278 g/mol. The van der Waals surface area contributed by atoms with Crippen LogP contribution in [-0.2, 0) is 0 Å². The van der Waals surface area contributed by atoms with Gasteiger partial charge in [0.05, 0.1) is 11.9 Å². The van der Waals surface area contributed by atoms with Crippen LogP contribution < -0.4 is 10.6 Å². The van der Waals surface area contributed by atoms with E-state index in [1.165, 1.54) is 12.3 Å². The molecular weight excluding hydrogens is 263 g/mol. The molecule has 0 unspecified atom stereocenters. The Labute approximate surface area is 115 Å². The minimum Gasteiger partial charge on any atom is -0.317 e. The molecule has 2 N–H and O–H groups in total. The molecule has 0 atom stereocenters. The Bertz CT molecular complexity index is 534. The average Bonchev–Trinajstić information content (AvgIpc) is 2.91. The standard InChI is InChI=1S/C13H15FN4S/c14-10-1-2-12(16-7-10)18-13-17-11(8-19-13)9-3-5-15-6-4-9/h1-2,7-9,15H,3-6H2,(H,16,17,18). The second-order valence-corrected chi connectivity index (χ2v) is 5.45. The van der Waals surface area contributed by atoms with E-state index in [4.69, 9.17) is 0 Å². The number of anilines is 2. The van der Waals surface area contributed by atoms with Gasteiger partial charge in [-0.05, 0) is 38.1 Å². The van der Waals surface area contributed by atoms with Crippen molar-refractivity contribution in [1.82, 2.24) is 15.3 Å². The highest BCUT2D eigenvalue weighted by Crippen LogP contribution is 2.29. The van der Waals surface area contributed by atoms with Crippen LogP contribution in [0.4, 0.5) is 15.3 Å². The Balaban J connectivity index is 1.68. The molecule has 0 aromatic carbocycles. The average molecular weight is 278 g/mol. The van der Waals surface area contributed by atoms with Gasteiger partial charge in [-0.25, -0.2) is 14.4 Å². The van der Waals surface area contributed by atoms with Gasteiger partial charge < -0.3 is 10.6 Å². The van der Waals surface area contributed by atoms with Gasteiger partial charge in [-0.3, -0.25) is 0 Å². The maximum absolute atomic E-state index is 12.8. The molecule has 1 aliphatic heterocycles. The summed E-state index contributed by atoms with van der Waals surface area (Å²) in [5, 5.41) is 9.37. The van der Waals surface area contributed by atoms with E-state index in [2.05, 4.69) is 26.0 Å². The van der Waals surface area contributed by atoms with Crippen LogP contribution in [0.25, 0.3) is 0 Å². The summed E-state index contributed by atoms with van der Waals surface area (Å²) in [4.78, 5) is 8.56. The van der Waals surface area contributed by atoms with Gasteiger partial charge in [0.1, 0.15) is 11.6 Å². The lowest BCUT2D eigenvalue weighted by atomic mass is 9.96. The molecule has 0 spiro atoms. The third-order valence-corrected chi connectivity index (χ3v) is 4.02. The van der Waals surface area contributed by atoms with Crippen molar-refractivity contribution in [3.8, 4) is 0 Å². The summed E-state index contributed by atoms with van der Waals surface area (Å²) in [5.41, 5.74) is 1.15. The number of hydrogen-bond acceptors (Lipinski definition) is 5. The Hall–Kier alpha value is -1.53. The van der Waals surface area contributed by atoms with E-state index < -0.39 is 0 Å². The van der Waals surface area contributed by atoms with Crippen LogP contribution >= 0.6 is 11.3 Å². The lowest BCUT2D eigenvalue weighted by Crippen LogP contribution is -2.26. The number of piperidine rings is 1. The summed E-state index contributed by atoms with van der Waals surface area (Å²) in [6.07, 6.45) is 3.47. The highest BCUT2D eigenvalue weighted by Gasteiger charge is 2.18. The molecular formula is C13H15FN4S. The number of hydrogen-bond donors (Lipinski definition) is 2. The quantitative estimate of drug-likeness (QED) is 0.906. The fraction of sp³-hybridized carbons (Fsp3) is 0.385. The maximum atomic E-state index is 12.8. The predicted molar refractivity (Wildman–Crippen MR) is 74.4 cm³/mol. The van der Waals surface area contributed by atoms with Crippen LogP contribution in [0.3, 0.4) is 0 Å². The molecule has 3 heterocycles. The first-order valence-electron chi connectivity index (χ1n) is 6.36. The van der Waals surface area contributed by atoms with E-state index in [-0.39, 0.29) is 5.82 Å². The zero-order valence-corrected chi connectivity index (χ0v) is 11.2. The second-order valence-electron chi connectivity index (χ2n) is 4.59. The molecule has 4 nitrogen and oxygen atoms in total. The molecule has 100 valence electrons. The molecule has 2 aromatic rings. The molecule has 0 radical (unpaired) electrons. The smallest absolute Gasteiger partial charge is 0.188 e. The van der Waals surface area contributed by atoms with E-state index in [1.54, 1.807) is 17.4 Å². The molecule has 19 heavy (non-hydrogen) atoms. The van der Waals surface area contributed by atoms with Crippen molar-refractivity contribution >= 4 is 22.3 Å². The van der Waals surface area contributed by atoms with Gasteiger partial charge in [-0.15, -0.1) is 11.3 Å². The van der Waals surface area contributed by atoms with Crippen molar-refractivity contribution in [1.29, 1.82) is 0 Å². The molecule has 0 bridgehead atoms. The SMILES string of the molecule is Fc1ccc(Nc2nc(C3CCNCC3)cs2)nc1. The summed E-state index contributed by atoms with van der Waals surface area (Å²) in [6, 6.07) is 3.00. The number of nitrogens with one attached hydrogen (secondary N) is 2. The Kier molecular flexibility index (Phi) is 3.70. The Morgan fingerprint density at radius 1 is 1.32 bits per heavy atom. The number of nitrogens with zero attached hydrogens (tertiary/aromatic N) is 2. The van der Waals surface area contributed by atoms with Gasteiger partial charge in [0.15, 0.2) is 5.13 Å².